The molecule has 0 aromatic carbocycles. The topological polar surface area (TPSA) is 57.2 Å². The Hall–Kier alpha value is -1.30. The monoisotopic (exact) mass is 352 g/mol. The van der Waals surface area contributed by atoms with Gasteiger partial charge in [0, 0.05) is 57.7 Å². The van der Waals surface area contributed by atoms with Crippen LogP contribution in [-0.2, 0) is 9.53 Å². The predicted octanol–water partition coefficient (Wildman–Crippen LogP) is 2.10. The molecule has 1 aliphatic heterocycles. The van der Waals surface area contributed by atoms with Crippen molar-refractivity contribution in [1.29, 1.82) is 0 Å². The minimum Gasteiger partial charge on any atom is -0.378 e. The van der Waals surface area contributed by atoms with Crippen molar-refractivity contribution in [1.82, 2.24) is 15.1 Å². The van der Waals surface area contributed by atoms with Gasteiger partial charge in [-0.15, -0.1) is 0 Å². The zero-order valence-electron chi connectivity index (χ0n) is 16.7. The zero-order valence-corrected chi connectivity index (χ0v) is 16.7. The van der Waals surface area contributed by atoms with Gasteiger partial charge in [0.15, 0.2) is 5.96 Å². The number of rotatable bonds is 6. The van der Waals surface area contributed by atoms with E-state index in [-0.39, 0.29) is 11.3 Å². The maximum absolute atomic E-state index is 11.5. The number of carbonyl (C=O) groups is 1. The highest BCUT2D eigenvalue weighted by atomic mass is 16.5. The molecule has 1 aliphatic carbocycles. The van der Waals surface area contributed by atoms with Crippen molar-refractivity contribution < 1.29 is 9.53 Å². The Morgan fingerprint density at radius 1 is 1.20 bits per heavy atom. The number of nitrogens with one attached hydrogen (secondary N) is 1. The van der Waals surface area contributed by atoms with Crippen LogP contribution in [0.1, 0.15) is 53.9 Å². The Morgan fingerprint density at radius 3 is 2.36 bits per heavy atom. The van der Waals surface area contributed by atoms with Crippen LogP contribution in [0.15, 0.2) is 4.99 Å². The van der Waals surface area contributed by atoms with E-state index in [2.05, 4.69) is 37.9 Å². The van der Waals surface area contributed by atoms with E-state index in [0.29, 0.717) is 12.1 Å². The lowest BCUT2D eigenvalue weighted by Gasteiger charge is -2.52. The van der Waals surface area contributed by atoms with Gasteiger partial charge in [0.2, 0.25) is 5.91 Å². The average Bonchev–Trinajstić information content (AvgIpc) is 2.59. The van der Waals surface area contributed by atoms with Gasteiger partial charge in [0.05, 0.1) is 6.10 Å². The van der Waals surface area contributed by atoms with Gasteiger partial charge in [-0.2, -0.15) is 0 Å². The van der Waals surface area contributed by atoms with E-state index in [9.17, 15) is 4.79 Å². The normalized spacial score (nSPS) is 26.4. The van der Waals surface area contributed by atoms with Crippen molar-refractivity contribution >= 4 is 11.9 Å². The number of amides is 1. The molecule has 2 rings (SSSR count). The largest absolute Gasteiger partial charge is 0.378 e. The Kier molecular flexibility index (Phi) is 7.11. The third-order valence-electron chi connectivity index (χ3n) is 5.63. The summed E-state index contributed by atoms with van der Waals surface area (Å²) in [6.45, 7) is 15.3. The van der Waals surface area contributed by atoms with Crippen molar-refractivity contribution in [3.8, 4) is 0 Å². The molecule has 25 heavy (non-hydrogen) atoms. The molecule has 1 N–H and O–H groups in total. The molecular formula is C19H36N4O2. The predicted molar refractivity (Wildman–Crippen MR) is 102 cm³/mol. The number of piperazine rings is 1. The van der Waals surface area contributed by atoms with Gasteiger partial charge in [0.25, 0.3) is 0 Å². The summed E-state index contributed by atoms with van der Waals surface area (Å²) in [6, 6.07) is 0.385. The summed E-state index contributed by atoms with van der Waals surface area (Å²) in [5.41, 5.74) is 0.115. The summed E-state index contributed by atoms with van der Waals surface area (Å²) in [5.74, 6) is 1.14. The molecule has 0 radical (unpaired) electrons. The van der Waals surface area contributed by atoms with Gasteiger partial charge < -0.3 is 19.9 Å². The molecule has 0 aromatic heterocycles. The molecule has 1 saturated carbocycles. The second kappa shape index (κ2) is 8.88. The van der Waals surface area contributed by atoms with Crippen LogP contribution in [0, 0.1) is 5.41 Å². The van der Waals surface area contributed by atoms with E-state index >= 15 is 0 Å². The van der Waals surface area contributed by atoms with E-state index in [1.54, 1.807) is 6.92 Å². The van der Waals surface area contributed by atoms with Crippen LogP contribution in [0.25, 0.3) is 0 Å². The number of nitrogens with zero attached hydrogens (tertiary/aromatic N) is 3. The van der Waals surface area contributed by atoms with Gasteiger partial charge in [0.1, 0.15) is 0 Å². The second-order valence-electron chi connectivity index (χ2n) is 7.76. The van der Waals surface area contributed by atoms with Crippen LogP contribution in [0.3, 0.4) is 0 Å². The highest BCUT2D eigenvalue weighted by molar-refractivity contribution is 5.81. The molecule has 144 valence electrons. The number of guanidine groups is 1. The highest BCUT2D eigenvalue weighted by Gasteiger charge is 2.49. The molecule has 2 fully saturated rings. The number of ether oxygens (including phenoxy) is 1. The van der Waals surface area contributed by atoms with Crippen molar-refractivity contribution in [3.05, 3.63) is 0 Å². The fourth-order valence-corrected chi connectivity index (χ4v) is 3.56. The molecular weight excluding hydrogens is 316 g/mol. The smallest absolute Gasteiger partial charge is 0.219 e. The van der Waals surface area contributed by atoms with E-state index in [0.717, 1.165) is 58.1 Å². The first-order valence-corrected chi connectivity index (χ1v) is 9.83. The quantitative estimate of drug-likeness (QED) is 0.452. The highest BCUT2D eigenvalue weighted by Crippen LogP contribution is 2.43. The minimum absolute atomic E-state index is 0.115. The molecule has 2 unspecified atom stereocenters. The van der Waals surface area contributed by atoms with Crippen LogP contribution in [0.5, 0.6) is 0 Å². The molecule has 6 heteroatoms. The third-order valence-corrected chi connectivity index (χ3v) is 5.63. The molecule has 1 saturated heterocycles. The molecule has 0 spiro atoms. The Morgan fingerprint density at radius 2 is 1.84 bits per heavy atom. The van der Waals surface area contributed by atoms with E-state index in [4.69, 9.17) is 9.73 Å². The molecule has 1 amide bonds. The fourth-order valence-electron chi connectivity index (χ4n) is 3.56. The number of aliphatic imine (C=N–C) groups is 1. The van der Waals surface area contributed by atoms with Crippen molar-refractivity contribution in [2.75, 3.05) is 39.3 Å². The average molecular weight is 353 g/mol. The third kappa shape index (κ3) is 4.87. The first-order valence-electron chi connectivity index (χ1n) is 9.83. The maximum Gasteiger partial charge on any atom is 0.219 e. The van der Waals surface area contributed by atoms with Crippen LogP contribution in [0.4, 0.5) is 0 Å². The van der Waals surface area contributed by atoms with Crippen LogP contribution in [0.2, 0.25) is 0 Å². The van der Waals surface area contributed by atoms with Gasteiger partial charge in [-0.1, -0.05) is 27.2 Å². The number of unbranched alkanes of at least 4 members (excludes halogenated alkanes) is 1. The van der Waals surface area contributed by atoms with E-state index < -0.39 is 0 Å². The standard InChI is InChI=1S/C19H36N4O2/c1-6-8-13-25-17-14-16(19(17,4)5)21-18(20-7-2)23-11-9-22(10-12-23)15(3)24/h16-17H,6-14H2,1-5H3,(H,20,21). The van der Waals surface area contributed by atoms with Crippen molar-refractivity contribution in [3.63, 3.8) is 0 Å². The fraction of sp³-hybridized carbons (Fsp3) is 0.895. The van der Waals surface area contributed by atoms with Gasteiger partial charge >= 0.3 is 0 Å². The zero-order chi connectivity index (χ0) is 18.4. The first-order chi connectivity index (χ1) is 11.9. The molecule has 6 nitrogen and oxygen atoms in total. The Balaban J connectivity index is 1.88. The molecule has 0 aromatic rings. The summed E-state index contributed by atoms with van der Waals surface area (Å²) >= 11 is 0. The lowest BCUT2D eigenvalue weighted by Crippen LogP contribution is -2.65. The summed E-state index contributed by atoms with van der Waals surface area (Å²) in [5, 5.41) is 3.67. The van der Waals surface area contributed by atoms with Crippen LogP contribution in [-0.4, -0.2) is 73.1 Å². The van der Waals surface area contributed by atoms with Crippen molar-refractivity contribution in [2.45, 2.75) is 66.0 Å². The summed E-state index contributed by atoms with van der Waals surface area (Å²) in [6.07, 6.45) is 3.67. The second-order valence-corrected chi connectivity index (χ2v) is 7.76. The number of carbonyl (C=O) groups excluding carboxylic acids is 1. The summed E-state index contributed by atoms with van der Waals surface area (Å²) < 4.78 is 6.05. The van der Waals surface area contributed by atoms with Crippen LogP contribution >= 0.6 is 0 Å². The Bertz CT molecular complexity index is 470. The first kappa shape index (κ1) is 20.0. The lowest BCUT2D eigenvalue weighted by atomic mass is 9.64. The van der Waals surface area contributed by atoms with Gasteiger partial charge in [-0.25, -0.2) is 0 Å². The number of hydrogen-bond donors (Lipinski definition) is 1. The summed E-state index contributed by atoms with van der Waals surface area (Å²) in [7, 11) is 0. The maximum atomic E-state index is 11.5. The van der Waals surface area contributed by atoms with Gasteiger partial charge in [-0.3, -0.25) is 9.79 Å². The van der Waals surface area contributed by atoms with E-state index in [1.165, 1.54) is 6.42 Å². The van der Waals surface area contributed by atoms with Crippen LogP contribution < -0.4 is 5.32 Å². The van der Waals surface area contributed by atoms with E-state index in [1.807, 2.05) is 4.90 Å². The molecule has 0 bridgehead atoms. The van der Waals surface area contributed by atoms with Gasteiger partial charge in [-0.05, 0) is 19.8 Å². The number of hydrogen-bond acceptors (Lipinski definition) is 3. The molecule has 2 aliphatic rings. The SMILES string of the molecule is CCCCOC1CC(NC(=NCC)N2CCN(C(C)=O)CC2)C1(C)C. The summed E-state index contributed by atoms with van der Waals surface area (Å²) in [4.78, 5) is 20.4. The minimum atomic E-state index is 0.115. The molecule has 2 atom stereocenters. The lowest BCUT2D eigenvalue weighted by molar-refractivity contribution is -0.130. The van der Waals surface area contributed by atoms with Crippen molar-refractivity contribution in [2.24, 2.45) is 10.4 Å². The molecule has 1 heterocycles. The Labute approximate surface area is 153 Å².